The number of thiophene rings is 1. The van der Waals surface area contributed by atoms with Gasteiger partial charge in [0, 0.05) is 17.2 Å². The van der Waals surface area contributed by atoms with Crippen LogP contribution in [0.1, 0.15) is 23.0 Å². The third kappa shape index (κ3) is 2.90. The van der Waals surface area contributed by atoms with Crippen molar-refractivity contribution < 1.29 is 9.53 Å². The average molecular weight is 313 g/mol. The number of benzene rings is 1. The molecule has 0 saturated carbocycles. The lowest BCUT2D eigenvalue weighted by Gasteiger charge is -2.15. The smallest absolute Gasteiger partial charge is 0.263 e. The first-order valence-electron chi connectivity index (χ1n) is 6.34. The van der Waals surface area contributed by atoms with E-state index in [1.807, 2.05) is 19.1 Å². The highest BCUT2D eigenvalue weighted by Gasteiger charge is 2.20. The van der Waals surface area contributed by atoms with Gasteiger partial charge in [-0.25, -0.2) is 0 Å². The molecular formula is C14H17ClN2O2S. The number of nitrogens with two attached hydrogens (primary N) is 1. The summed E-state index contributed by atoms with van der Waals surface area (Å²) in [6.45, 7) is 2.48. The minimum atomic E-state index is -0.177. The largest absolute Gasteiger partial charge is 0.397 e. The lowest BCUT2D eigenvalue weighted by atomic mass is 10.2. The summed E-state index contributed by atoms with van der Waals surface area (Å²) < 4.78 is 5.99. The van der Waals surface area contributed by atoms with Crippen molar-refractivity contribution in [2.24, 2.45) is 0 Å². The molecule has 1 heterocycles. The maximum Gasteiger partial charge on any atom is 0.263 e. The molecule has 0 aliphatic heterocycles. The number of anilines is 1. The summed E-state index contributed by atoms with van der Waals surface area (Å²) in [6, 6.07) is 5.51. The van der Waals surface area contributed by atoms with Crippen LogP contribution in [0.3, 0.4) is 0 Å². The van der Waals surface area contributed by atoms with Gasteiger partial charge < -0.3 is 15.8 Å². The molecule has 1 unspecified atom stereocenters. The quantitative estimate of drug-likeness (QED) is 0.890. The van der Waals surface area contributed by atoms with Gasteiger partial charge >= 0.3 is 0 Å². The number of ether oxygens (including phenoxy) is 1. The number of carbonyl (C=O) groups excluding carboxylic acids is 1. The van der Waals surface area contributed by atoms with Gasteiger partial charge in [-0.3, -0.25) is 4.79 Å². The first-order valence-corrected chi connectivity index (χ1v) is 7.54. The van der Waals surface area contributed by atoms with Crippen molar-refractivity contribution in [1.82, 2.24) is 5.32 Å². The number of halogens is 1. The number of nitrogens with one attached hydrogen (secondary N) is 1. The number of amides is 1. The van der Waals surface area contributed by atoms with Crippen LogP contribution in [0.15, 0.2) is 18.2 Å². The molecule has 1 amide bonds. The highest BCUT2D eigenvalue weighted by atomic mass is 35.5. The van der Waals surface area contributed by atoms with Crippen molar-refractivity contribution in [1.29, 1.82) is 0 Å². The summed E-state index contributed by atoms with van der Waals surface area (Å²) in [6.07, 6.45) is 0.797. The van der Waals surface area contributed by atoms with E-state index in [4.69, 9.17) is 22.1 Å². The molecular weight excluding hydrogens is 296 g/mol. The van der Waals surface area contributed by atoms with Crippen molar-refractivity contribution in [2.75, 3.05) is 19.5 Å². The molecule has 108 valence electrons. The van der Waals surface area contributed by atoms with Crippen LogP contribution in [0.25, 0.3) is 10.1 Å². The van der Waals surface area contributed by atoms with Gasteiger partial charge in [0.15, 0.2) is 0 Å². The number of hydrogen-bond acceptors (Lipinski definition) is 4. The second kappa shape index (κ2) is 6.43. The second-order valence-electron chi connectivity index (χ2n) is 4.49. The van der Waals surface area contributed by atoms with Gasteiger partial charge in [0.1, 0.15) is 4.88 Å². The molecule has 1 aromatic carbocycles. The first kappa shape index (κ1) is 15.1. The summed E-state index contributed by atoms with van der Waals surface area (Å²) in [7, 11) is 1.61. The summed E-state index contributed by atoms with van der Waals surface area (Å²) in [5, 5.41) is 4.25. The third-order valence-electron chi connectivity index (χ3n) is 3.10. The fourth-order valence-electron chi connectivity index (χ4n) is 2.01. The van der Waals surface area contributed by atoms with E-state index in [0.717, 1.165) is 16.5 Å². The molecule has 0 spiro atoms. The lowest BCUT2D eigenvalue weighted by molar-refractivity contribution is 0.0899. The Hall–Kier alpha value is -1.30. The van der Waals surface area contributed by atoms with Crippen molar-refractivity contribution in [2.45, 2.75) is 19.4 Å². The van der Waals surface area contributed by atoms with Crippen molar-refractivity contribution in [3.63, 3.8) is 0 Å². The molecule has 0 radical (unpaired) electrons. The van der Waals surface area contributed by atoms with Crippen molar-refractivity contribution in [3.05, 3.63) is 28.1 Å². The van der Waals surface area contributed by atoms with Crippen LogP contribution >= 0.6 is 22.9 Å². The van der Waals surface area contributed by atoms with Gasteiger partial charge in [-0.1, -0.05) is 24.6 Å². The van der Waals surface area contributed by atoms with E-state index in [1.165, 1.54) is 11.3 Å². The Labute approximate surface area is 126 Å². The zero-order valence-electron chi connectivity index (χ0n) is 11.4. The molecule has 6 heteroatoms. The molecule has 2 aromatic rings. The molecule has 0 bridgehead atoms. The Balaban J connectivity index is 2.31. The SMILES string of the molecule is CCC(COC)NC(=O)c1sc2cccc(Cl)c2c1N. The van der Waals surface area contributed by atoms with Gasteiger partial charge in [-0.2, -0.15) is 0 Å². The number of rotatable bonds is 5. The second-order valence-corrected chi connectivity index (χ2v) is 5.95. The van der Waals surface area contributed by atoms with Gasteiger partial charge in [0.2, 0.25) is 0 Å². The third-order valence-corrected chi connectivity index (χ3v) is 4.59. The minimum absolute atomic E-state index is 0.0208. The Morgan fingerprint density at radius 1 is 1.55 bits per heavy atom. The number of fused-ring (bicyclic) bond motifs is 1. The molecule has 2 rings (SSSR count). The average Bonchev–Trinajstić information content (AvgIpc) is 2.77. The van der Waals surface area contributed by atoms with Crippen LogP contribution in [-0.4, -0.2) is 25.7 Å². The summed E-state index contributed by atoms with van der Waals surface area (Å²) in [5.74, 6) is -0.177. The van der Waals surface area contributed by atoms with Gasteiger partial charge in [-0.05, 0) is 18.6 Å². The fourth-order valence-corrected chi connectivity index (χ4v) is 3.40. The van der Waals surface area contributed by atoms with E-state index >= 15 is 0 Å². The monoisotopic (exact) mass is 312 g/mol. The van der Waals surface area contributed by atoms with Crippen LogP contribution in [0.5, 0.6) is 0 Å². The Morgan fingerprint density at radius 2 is 2.30 bits per heavy atom. The molecule has 3 N–H and O–H groups in total. The Kier molecular flexibility index (Phi) is 4.86. The van der Waals surface area contributed by atoms with Crippen molar-refractivity contribution >= 4 is 44.6 Å². The molecule has 1 aromatic heterocycles. The maximum absolute atomic E-state index is 12.3. The van der Waals surface area contributed by atoms with E-state index in [2.05, 4.69) is 5.32 Å². The maximum atomic E-state index is 12.3. The topological polar surface area (TPSA) is 64.3 Å². The Morgan fingerprint density at radius 3 is 2.90 bits per heavy atom. The molecule has 20 heavy (non-hydrogen) atoms. The number of methoxy groups -OCH3 is 1. The molecule has 0 fully saturated rings. The van der Waals surface area contributed by atoms with Crippen molar-refractivity contribution in [3.8, 4) is 0 Å². The van der Waals surface area contributed by atoms with Crippen LogP contribution in [-0.2, 0) is 4.74 Å². The molecule has 0 saturated heterocycles. The molecule has 0 aliphatic carbocycles. The zero-order chi connectivity index (χ0) is 14.7. The summed E-state index contributed by atoms with van der Waals surface area (Å²) in [4.78, 5) is 12.8. The fraction of sp³-hybridized carbons (Fsp3) is 0.357. The minimum Gasteiger partial charge on any atom is -0.397 e. The normalized spacial score (nSPS) is 12.6. The van der Waals surface area contributed by atoms with E-state index < -0.39 is 0 Å². The predicted octanol–water partition coefficient (Wildman–Crippen LogP) is 3.29. The van der Waals surface area contributed by atoms with Crippen LogP contribution in [0.4, 0.5) is 5.69 Å². The van der Waals surface area contributed by atoms with E-state index in [1.54, 1.807) is 13.2 Å². The number of carbonyl (C=O) groups is 1. The van der Waals surface area contributed by atoms with Crippen LogP contribution in [0.2, 0.25) is 5.02 Å². The van der Waals surface area contributed by atoms with E-state index in [-0.39, 0.29) is 11.9 Å². The highest BCUT2D eigenvalue weighted by Crippen LogP contribution is 2.37. The van der Waals surface area contributed by atoms with Gasteiger partial charge in [0.05, 0.1) is 23.4 Å². The van der Waals surface area contributed by atoms with E-state index in [0.29, 0.717) is 22.2 Å². The highest BCUT2D eigenvalue weighted by molar-refractivity contribution is 7.21. The number of hydrogen-bond donors (Lipinski definition) is 2. The van der Waals surface area contributed by atoms with E-state index in [9.17, 15) is 4.79 Å². The molecule has 0 aliphatic rings. The Bertz CT molecular complexity index is 627. The summed E-state index contributed by atoms with van der Waals surface area (Å²) in [5.41, 5.74) is 6.51. The van der Waals surface area contributed by atoms with Gasteiger partial charge in [-0.15, -0.1) is 11.3 Å². The summed E-state index contributed by atoms with van der Waals surface area (Å²) >= 11 is 7.49. The lowest BCUT2D eigenvalue weighted by Crippen LogP contribution is -2.37. The predicted molar refractivity (Wildman–Crippen MR) is 84.7 cm³/mol. The van der Waals surface area contributed by atoms with Gasteiger partial charge in [0.25, 0.3) is 5.91 Å². The standard InChI is InChI=1S/C14H17ClN2O2S/c1-3-8(7-19-2)17-14(18)13-12(16)11-9(15)5-4-6-10(11)20-13/h4-6,8H,3,7,16H2,1-2H3,(H,17,18). The zero-order valence-corrected chi connectivity index (χ0v) is 13.0. The first-order chi connectivity index (χ1) is 9.58. The van der Waals surface area contributed by atoms with Crippen LogP contribution < -0.4 is 11.1 Å². The molecule has 4 nitrogen and oxygen atoms in total. The molecule has 1 atom stereocenters. The number of nitrogen functional groups attached to an aromatic ring is 1. The van der Waals surface area contributed by atoms with Crippen LogP contribution in [0, 0.1) is 0 Å².